The van der Waals surface area contributed by atoms with Crippen molar-refractivity contribution in [2.75, 3.05) is 12.9 Å². The zero-order valence-corrected chi connectivity index (χ0v) is 15.7. The second-order valence-corrected chi connectivity index (χ2v) is 6.82. The number of benzene rings is 2. The van der Waals surface area contributed by atoms with Crippen LogP contribution in [0.1, 0.15) is 36.6 Å². The summed E-state index contributed by atoms with van der Waals surface area (Å²) in [6.45, 7) is 4.09. The van der Waals surface area contributed by atoms with Gasteiger partial charge in [-0.05, 0) is 42.7 Å². The molecule has 0 heterocycles. The first-order valence-electron chi connectivity index (χ1n) is 8.31. The van der Waals surface area contributed by atoms with Crippen LogP contribution in [0.5, 0.6) is 5.75 Å². The third kappa shape index (κ3) is 5.78. The number of rotatable bonds is 8. The molecule has 0 radical (unpaired) electrons. The number of methoxy groups -OCH3 is 1. The number of aryl methyl sites for hydroxylation is 1. The van der Waals surface area contributed by atoms with Crippen molar-refractivity contribution in [3.05, 3.63) is 65.0 Å². The van der Waals surface area contributed by atoms with Crippen molar-refractivity contribution in [3.63, 3.8) is 0 Å². The normalized spacial score (nSPS) is 11.8. The van der Waals surface area contributed by atoms with Gasteiger partial charge in [-0.15, -0.1) is 11.8 Å². The van der Waals surface area contributed by atoms with Gasteiger partial charge in [0.2, 0.25) is 5.91 Å². The summed E-state index contributed by atoms with van der Waals surface area (Å²) in [5, 5.41) is 2.99. The van der Waals surface area contributed by atoms with Gasteiger partial charge in [-0.1, -0.05) is 31.2 Å². The standard InChI is InChI=1S/C20H24FNO2S/c1-4-15-5-7-16(8-6-15)14(2)22-20(23)13-25-12-17-11-18(21)9-10-19(17)24-3/h5-11,14H,4,12-13H2,1-3H3,(H,22,23)/t14-/m1/s1. The summed E-state index contributed by atoms with van der Waals surface area (Å²) in [6.07, 6.45) is 1.00. The van der Waals surface area contributed by atoms with Gasteiger partial charge in [-0.2, -0.15) is 0 Å². The number of halogens is 1. The van der Waals surface area contributed by atoms with E-state index < -0.39 is 0 Å². The molecule has 2 aromatic carbocycles. The number of thioether (sulfide) groups is 1. The molecule has 0 saturated carbocycles. The molecule has 0 unspecified atom stereocenters. The fourth-order valence-electron chi connectivity index (χ4n) is 2.52. The summed E-state index contributed by atoms with van der Waals surface area (Å²) in [6, 6.07) is 12.7. The van der Waals surface area contributed by atoms with Gasteiger partial charge in [0.25, 0.3) is 0 Å². The molecule has 0 bridgehead atoms. The first-order valence-corrected chi connectivity index (χ1v) is 9.47. The molecule has 0 fully saturated rings. The highest BCUT2D eigenvalue weighted by molar-refractivity contribution is 7.99. The van der Waals surface area contributed by atoms with Crippen molar-refractivity contribution in [1.82, 2.24) is 5.32 Å². The lowest BCUT2D eigenvalue weighted by Gasteiger charge is -2.15. The fraction of sp³-hybridized carbons (Fsp3) is 0.350. The molecule has 134 valence electrons. The second-order valence-electron chi connectivity index (χ2n) is 5.83. The van der Waals surface area contributed by atoms with E-state index in [4.69, 9.17) is 4.74 Å². The Hall–Kier alpha value is -2.01. The molecule has 3 nitrogen and oxygen atoms in total. The van der Waals surface area contributed by atoms with E-state index in [0.717, 1.165) is 17.5 Å². The molecule has 0 aliphatic heterocycles. The highest BCUT2D eigenvalue weighted by Crippen LogP contribution is 2.24. The molecule has 1 N–H and O–H groups in total. The van der Waals surface area contributed by atoms with Crippen molar-refractivity contribution in [2.45, 2.75) is 32.1 Å². The minimum Gasteiger partial charge on any atom is -0.496 e. The Bertz CT molecular complexity index is 703. The first kappa shape index (κ1) is 19.3. The van der Waals surface area contributed by atoms with Crippen molar-refractivity contribution < 1.29 is 13.9 Å². The summed E-state index contributed by atoms with van der Waals surface area (Å²) in [5.74, 6) is 1.14. The lowest BCUT2D eigenvalue weighted by molar-refractivity contribution is -0.119. The lowest BCUT2D eigenvalue weighted by atomic mass is 10.1. The van der Waals surface area contributed by atoms with Gasteiger partial charge < -0.3 is 10.1 Å². The minimum absolute atomic E-state index is 0.0348. The van der Waals surface area contributed by atoms with Crippen LogP contribution in [0.4, 0.5) is 4.39 Å². The van der Waals surface area contributed by atoms with E-state index >= 15 is 0 Å². The molecule has 5 heteroatoms. The smallest absolute Gasteiger partial charge is 0.230 e. The van der Waals surface area contributed by atoms with Crippen LogP contribution >= 0.6 is 11.8 Å². The zero-order chi connectivity index (χ0) is 18.2. The van der Waals surface area contributed by atoms with E-state index in [0.29, 0.717) is 17.3 Å². The van der Waals surface area contributed by atoms with Crippen molar-refractivity contribution in [1.29, 1.82) is 0 Å². The maximum Gasteiger partial charge on any atom is 0.230 e. The zero-order valence-electron chi connectivity index (χ0n) is 14.8. The summed E-state index contributed by atoms with van der Waals surface area (Å²) >= 11 is 1.44. The molecule has 2 aromatic rings. The quantitative estimate of drug-likeness (QED) is 0.752. The third-order valence-electron chi connectivity index (χ3n) is 4.00. The summed E-state index contributed by atoms with van der Waals surface area (Å²) in [4.78, 5) is 12.1. The van der Waals surface area contributed by atoms with E-state index in [2.05, 4.69) is 36.5 Å². The van der Waals surface area contributed by atoms with Gasteiger partial charge in [0, 0.05) is 11.3 Å². The van der Waals surface area contributed by atoms with Gasteiger partial charge in [0.05, 0.1) is 18.9 Å². The van der Waals surface area contributed by atoms with Crippen LogP contribution < -0.4 is 10.1 Å². The van der Waals surface area contributed by atoms with Crippen molar-refractivity contribution in [2.24, 2.45) is 0 Å². The highest BCUT2D eigenvalue weighted by atomic mass is 32.2. The maximum absolute atomic E-state index is 13.3. The van der Waals surface area contributed by atoms with Crippen LogP contribution in [0, 0.1) is 5.82 Å². The van der Waals surface area contributed by atoms with E-state index in [-0.39, 0.29) is 17.8 Å². The predicted molar refractivity (Wildman–Crippen MR) is 101 cm³/mol. The Morgan fingerprint density at radius 2 is 1.96 bits per heavy atom. The monoisotopic (exact) mass is 361 g/mol. The molecule has 0 aliphatic rings. The van der Waals surface area contributed by atoms with Gasteiger partial charge in [-0.3, -0.25) is 4.79 Å². The van der Waals surface area contributed by atoms with Crippen LogP contribution in [0.3, 0.4) is 0 Å². The second kappa shape index (κ2) is 9.47. The lowest BCUT2D eigenvalue weighted by Crippen LogP contribution is -2.28. The molecule has 0 saturated heterocycles. The van der Waals surface area contributed by atoms with Crippen LogP contribution in [0.15, 0.2) is 42.5 Å². The Labute approximate surface area is 153 Å². The molecular weight excluding hydrogens is 337 g/mol. The SMILES string of the molecule is CCc1ccc([C@@H](C)NC(=O)CSCc2cc(F)ccc2OC)cc1. The fourth-order valence-corrected chi connectivity index (χ4v) is 3.34. The van der Waals surface area contributed by atoms with E-state index in [1.165, 1.54) is 29.5 Å². The molecule has 0 aliphatic carbocycles. The van der Waals surface area contributed by atoms with Crippen LogP contribution in [0.25, 0.3) is 0 Å². The first-order chi connectivity index (χ1) is 12.0. The summed E-state index contributed by atoms with van der Waals surface area (Å²) in [5.41, 5.74) is 3.12. The number of hydrogen-bond acceptors (Lipinski definition) is 3. The number of ether oxygens (including phenoxy) is 1. The average molecular weight is 361 g/mol. The van der Waals surface area contributed by atoms with Gasteiger partial charge >= 0.3 is 0 Å². The molecule has 25 heavy (non-hydrogen) atoms. The summed E-state index contributed by atoms with van der Waals surface area (Å²) in [7, 11) is 1.56. The van der Waals surface area contributed by atoms with E-state index in [9.17, 15) is 9.18 Å². The number of carbonyl (C=O) groups excluding carboxylic acids is 1. The molecule has 1 amide bonds. The van der Waals surface area contributed by atoms with Crippen LogP contribution in [-0.2, 0) is 17.0 Å². The number of hydrogen-bond donors (Lipinski definition) is 1. The number of amides is 1. The third-order valence-corrected chi connectivity index (χ3v) is 4.98. The van der Waals surface area contributed by atoms with Gasteiger partial charge in [-0.25, -0.2) is 4.39 Å². The van der Waals surface area contributed by atoms with Crippen LogP contribution in [-0.4, -0.2) is 18.8 Å². The molecular formula is C20H24FNO2S. The predicted octanol–water partition coefficient (Wildman–Crippen LogP) is 4.51. The molecule has 0 aromatic heterocycles. The Morgan fingerprint density at radius 1 is 1.24 bits per heavy atom. The molecule has 1 atom stereocenters. The van der Waals surface area contributed by atoms with Crippen LogP contribution in [0.2, 0.25) is 0 Å². The number of carbonyl (C=O) groups is 1. The van der Waals surface area contributed by atoms with Gasteiger partial charge in [0.15, 0.2) is 0 Å². The Balaban J connectivity index is 1.83. The van der Waals surface area contributed by atoms with Crippen molar-refractivity contribution in [3.8, 4) is 5.75 Å². The van der Waals surface area contributed by atoms with E-state index in [1.54, 1.807) is 13.2 Å². The summed E-state index contributed by atoms with van der Waals surface area (Å²) < 4.78 is 18.6. The topological polar surface area (TPSA) is 38.3 Å². The molecule has 2 rings (SSSR count). The van der Waals surface area contributed by atoms with E-state index in [1.807, 2.05) is 6.92 Å². The Kier molecular flexibility index (Phi) is 7.31. The molecule has 0 spiro atoms. The largest absolute Gasteiger partial charge is 0.496 e. The highest BCUT2D eigenvalue weighted by Gasteiger charge is 2.11. The average Bonchev–Trinajstić information content (AvgIpc) is 2.62. The number of nitrogens with one attached hydrogen (secondary N) is 1. The van der Waals surface area contributed by atoms with Gasteiger partial charge in [0.1, 0.15) is 11.6 Å². The Morgan fingerprint density at radius 3 is 2.60 bits per heavy atom. The minimum atomic E-state index is -0.301. The van der Waals surface area contributed by atoms with Crippen molar-refractivity contribution >= 4 is 17.7 Å². The maximum atomic E-state index is 13.3.